The van der Waals surface area contributed by atoms with Crippen LogP contribution in [-0.2, 0) is 0 Å². The first-order chi connectivity index (χ1) is 25.3. The van der Waals surface area contributed by atoms with Crippen molar-refractivity contribution in [1.29, 1.82) is 0 Å². The summed E-state index contributed by atoms with van der Waals surface area (Å²) in [5.74, 6) is 0. The third-order valence-corrected chi connectivity index (χ3v) is 9.99. The van der Waals surface area contributed by atoms with Crippen LogP contribution in [0.2, 0.25) is 0 Å². The van der Waals surface area contributed by atoms with Gasteiger partial charge in [-0.15, -0.1) is 0 Å². The number of hydrogen-bond acceptors (Lipinski definition) is 2. The number of hydrogen-bond donors (Lipinski definition) is 0. The van der Waals surface area contributed by atoms with E-state index >= 15 is 0 Å². The Morgan fingerprint density at radius 3 is 1.76 bits per heavy atom. The number of fused-ring (bicyclic) bond motifs is 6. The molecule has 0 fully saturated rings. The summed E-state index contributed by atoms with van der Waals surface area (Å²) in [7, 11) is 0. The minimum atomic E-state index is 0.895. The lowest BCUT2D eigenvalue weighted by molar-refractivity contribution is 0.673. The molecule has 0 aliphatic carbocycles. The Bertz CT molecular complexity index is 2830. The van der Waals surface area contributed by atoms with Crippen LogP contribution >= 0.6 is 0 Å². The highest BCUT2D eigenvalue weighted by atomic mass is 16.3. The number of aromatic nitrogens is 1. The van der Waals surface area contributed by atoms with Crippen molar-refractivity contribution in [2.24, 2.45) is 0 Å². The summed E-state index contributed by atoms with van der Waals surface area (Å²) in [5.41, 5.74) is 13.2. The summed E-state index contributed by atoms with van der Waals surface area (Å²) in [6.45, 7) is 0. The smallest absolute Gasteiger partial charge is 0.161 e. The number of furan rings is 1. The van der Waals surface area contributed by atoms with Crippen LogP contribution in [0.5, 0.6) is 0 Å². The van der Waals surface area contributed by atoms with Gasteiger partial charge < -0.3 is 13.9 Å². The summed E-state index contributed by atoms with van der Waals surface area (Å²) in [5, 5.41) is 4.59. The normalized spacial score (nSPS) is 11.5. The Hall–Kier alpha value is -6.84. The molecule has 0 radical (unpaired) electrons. The highest BCUT2D eigenvalue weighted by Gasteiger charge is 2.21. The SMILES string of the molecule is c1ccc(-c2ccc(N(c3ccccc3)c3ccc(-c4ccc5c(c4)c4oc6ccccc6c4n5-c4ccccc4)c4ccccc34)cc2)cc1. The minimum Gasteiger partial charge on any atom is -0.454 e. The fraction of sp³-hybridized carbons (Fsp3) is 0. The molecule has 51 heavy (non-hydrogen) atoms. The monoisotopic (exact) mass is 652 g/mol. The van der Waals surface area contributed by atoms with Crippen molar-refractivity contribution in [3.8, 4) is 27.9 Å². The third-order valence-electron chi connectivity index (χ3n) is 9.99. The van der Waals surface area contributed by atoms with E-state index in [2.05, 4.69) is 198 Å². The van der Waals surface area contributed by atoms with Gasteiger partial charge in [0.15, 0.2) is 5.58 Å². The zero-order valence-corrected chi connectivity index (χ0v) is 27.8. The van der Waals surface area contributed by atoms with Crippen molar-refractivity contribution in [2.45, 2.75) is 0 Å². The number of nitrogens with zero attached hydrogens (tertiary/aromatic N) is 2. The maximum absolute atomic E-state index is 6.60. The molecular formula is C48H32N2O. The van der Waals surface area contributed by atoms with Gasteiger partial charge in [-0.3, -0.25) is 0 Å². The van der Waals surface area contributed by atoms with E-state index in [1.165, 1.54) is 27.5 Å². The van der Waals surface area contributed by atoms with Gasteiger partial charge in [0.05, 0.1) is 11.2 Å². The van der Waals surface area contributed by atoms with Gasteiger partial charge in [-0.25, -0.2) is 0 Å². The van der Waals surface area contributed by atoms with Gasteiger partial charge in [-0.2, -0.15) is 0 Å². The maximum Gasteiger partial charge on any atom is 0.161 e. The zero-order chi connectivity index (χ0) is 33.7. The quantitative estimate of drug-likeness (QED) is 0.178. The second-order valence-electron chi connectivity index (χ2n) is 12.9. The largest absolute Gasteiger partial charge is 0.454 e. The predicted octanol–water partition coefficient (Wildman–Crippen LogP) is 13.5. The first kappa shape index (κ1) is 29.1. The lowest BCUT2D eigenvalue weighted by Crippen LogP contribution is -2.10. The van der Waals surface area contributed by atoms with Crippen LogP contribution in [0.1, 0.15) is 0 Å². The van der Waals surface area contributed by atoms with E-state index in [-0.39, 0.29) is 0 Å². The molecule has 0 unspecified atom stereocenters. The number of benzene rings is 8. The highest BCUT2D eigenvalue weighted by Crippen LogP contribution is 2.44. The molecule has 0 spiro atoms. The molecule has 0 saturated heterocycles. The summed E-state index contributed by atoms with van der Waals surface area (Å²) >= 11 is 0. The van der Waals surface area contributed by atoms with Gasteiger partial charge in [-0.1, -0.05) is 127 Å². The van der Waals surface area contributed by atoms with Gasteiger partial charge in [0.1, 0.15) is 11.1 Å². The third kappa shape index (κ3) is 4.82. The Morgan fingerprint density at radius 2 is 1.00 bits per heavy atom. The van der Waals surface area contributed by atoms with E-state index in [1.807, 2.05) is 6.07 Å². The molecule has 10 rings (SSSR count). The Balaban J connectivity index is 1.15. The van der Waals surface area contributed by atoms with Crippen molar-refractivity contribution in [1.82, 2.24) is 4.57 Å². The number of anilines is 3. The Kier molecular flexibility index (Phi) is 6.81. The average molecular weight is 653 g/mol. The van der Waals surface area contributed by atoms with Crippen LogP contribution in [0.4, 0.5) is 17.1 Å². The topological polar surface area (TPSA) is 21.3 Å². The van der Waals surface area contributed by atoms with E-state index < -0.39 is 0 Å². The second kappa shape index (κ2) is 11.9. The van der Waals surface area contributed by atoms with Crippen LogP contribution in [-0.4, -0.2) is 4.57 Å². The predicted molar refractivity (Wildman–Crippen MR) is 214 cm³/mol. The fourth-order valence-electron chi connectivity index (χ4n) is 7.65. The number of rotatable bonds is 6. The molecule has 0 bridgehead atoms. The zero-order valence-electron chi connectivity index (χ0n) is 27.8. The molecule has 3 nitrogen and oxygen atoms in total. The highest BCUT2D eigenvalue weighted by molar-refractivity contribution is 6.17. The number of para-hydroxylation sites is 3. The summed E-state index contributed by atoms with van der Waals surface area (Å²) in [6.07, 6.45) is 0. The van der Waals surface area contributed by atoms with Crippen LogP contribution in [0.15, 0.2) is 199 Å². The van der Waals surface area contributed by atoms with Crippen LogP contribution in [0.25, 0.3) is 71.7 Å². The summed E-state index contributed by atoms with van der Waals surface area (Å²) in [6, 6.07) is 69.1. The van der Waals surface area contributed by atoms with Gasteiger partial charge in [-0.05, 0) is 94.4 Å². The molecule has 0 atom stereocenters. The molecule has 0 N–H and O–H groups in total. The molecule has 0 aliphatic heterocycles. The molecule has 240 valence electrons. The van der Waals surface area contributed by atoms with Gasteiger partial charge in [0.2, 0.25) is 0 Å². The molecule has 0 saturated carbocycles. The standard InChI is InChI=1S/C48H32N2O/c1-4-14-33(15-5-1)34-24-27-38(28-25-34)49(36-16-6-2-7-17-36)44-31-29-39(40-20-10-11-21-41(40)44)35-26-30-45-43(32-35)48-47(42-22-12-13-23-46(42)51-48)50(45)37-18-8-3-9-19-37/h1-32H. The minimum absolute atomic E-state index is 0.895. The average Bonchev–Trinajstić information content (AvgIpc) is 3.74. The molecular weight excluding hydrogens is 621 g/mol. The van der Waals surface area contributed by atoms with E-state index in [0.717, 1.165) is 61.3 Å². The summed E-state index contributed by atoms with van der Waals surface area (Å²) < 4.78 is 8.94. The van der Waals surface area contributed by atoms with E-state index in [1.54, 1.807) is 0 Å². The van der Waals surface area contributed by atoms with Crippen LogP contribution < -0.4 is 4.90 Å². The maximum atomic E-state index is 6.60. The van der Waals surface area contributed by atoms with E-state index in [4.69, 9.17) is 4.42 Å². The van der Waals surface area contributed by atoms with Crippen molar-refractivity contribution < 1.29 is 4.42 Å². The molecule has 2 aromatic heterocycles. The first-order valence-electron chi connectivity index (χ1n) is 17.4. The van der Waals surface area contributed by atoms with Crippen molar-refractivity contribution >= 4 is 60.8 Å². The van der Waals surface area contributed by atoms with E-state index in [9.17, 15) is 0 Å². The lowest BCUT2D eigenvalue weighted by Gasteiger charge is -2.27. The lowest BCUT2D eigenvalue weighted by atomic mass is 9.95. The molecule has 8 aromatic carbocycles. The molecule has 0 amide bonds. The van der Waals surface area contributed by atoms with Crippen molar-refractivity contribution in [2.75, 3.05) is 4.90 Å². The Morgan fingerprint density at radius 1 is 0.412 bits per heavy atom. The van der Waals surface area contributed by atoms with Gasteiger partial charge >= 0.3 is 0 Å². The molecule has 2 heterocycles. The summed E-state index contributed by atoms with van der Waals surface area (Å²) in [4.78, 5) is 2.36. The second-order valence-corrected chi connectivity index (χ2v) is 12.9. The van der Waals surface area contributed by atoms with Crippen LogP contribution in [0, 0.1) is 0 Å². The van der Waals surface area contributed by atoms with E-state index in [0.29, 0.717) is 0 Å². The van der Waals surface area contributed by atoms with Gasteiger partial charge in [0.25, 0.3) is 0 Å². The fourth-order valence-corrected chi connectivity index (χ4v) is 7.65. The molecule has 0 aliphatic rings. The van der Waals surface area contributed by atoms with Crippen molar-refractivity contribution in [3.63, 3.8) is 0 Å². The molecule has 10 aromatic rings. The molecule has 3 heteroatoms. The first-order valence-corrected chi connectivity index (χ1v) is 17.4. The van der Waals surface area contributed by atoms with Crippen LogP contribution in [0.3, 0.4) is 0 Å². The van der Waals surface area contributed by atoms with Crippen molar-refractivity contribution in [3.05, 3.63) is 194 Å². The Labute approximate surface area is 295 Å². The van der Waals surface area contributed by atoms with Gasteiger partial charge in [0, 0.05) is 33.2 Å².